The van der Waals surface area contributed by atoms with Gasteiger partial charge in [-0.25, -0.2) is 0 Å². The number of aliphatic hydroxyl groups is 1. The van der Waals surface area contributed by atoms with Gasteiger partial charge in [0.05, 0.1) is 15.0 Å². The maximum Gasteiger partial charge on any atom is 0.0814 e. The molecule has 0 amide bonds. The Kier molecular flexibility index (Phi) is 3.35. The topological polar surface area (TPSA) is 23.5 Å². The molecule has 68 valence electrons. The predicted molar refractivity (Wildman–Crippen MR) is 54.3 cm³/mol. The molecule has 0 atom stereocenters. The fraction of sp³-hybridized carbons (Fsp3) is 0.778. The second-order valence-corrected chi connectivity index (χ2v) is 3.51. The Morgan fingerprint density at radius 2 is 2.08 bits per heavy atom. The molecule has 3 heteroatoms. The molecule has 3 fully saturated rings. The van der Waals surface area contributed by atoms with Gasteiger partial charge in [-0.2, -0.15) is 0 Å². The van der Waals surface area contributed by atoms with Crippen LogP contribution in [0.1, 0.15) is 12.8 Å². The Labute approximate surface area is 75.8 Å². The molecule has 3 aliphatic heterocycles. The van der Waals surface area contributed by atoms with Gasteiger partial charge in [-0.3, -0.25) is 4.90 Å². The van der Waals surface area contributed by atoms with Crippen LogP contribution in [0, 0.1) is 5.92 Å². The van der Waals surface area contributed by atoms with Crippen molar-refractivity contribution in [1.29, 1.82) is 0 Å². The van der Waals surface area contributed by atoms with Crippen LogP contribution in [0.2, 0.25) is 0 Å². The third-order valence-corrected chi connectivity index (χ3v) is 2.87. The average molecular weight is 167 g/mol. The van der Waals surface area contributed by atoms with Gasteiger partial charge in [-0.1, -0.05) is 11.6 Å². The lowest BCUT2D eigenvalue weighted by Crippen LogP contribution is -2.43. The van der Waals surface area contributed by atoms with Crippen molar-refractivity contribution in [2.45, 2.75) is 12.8 Å². The lowest BCUT2D eigenvalue weighted by molar-refractivity contribution is 0.160. The van der Waals surface area contributed by atoms with E-state index in [9.17, 15) is 0 Å². The van der Waals surface area contributed by atoms with Crippen molar-refractivity contribution in [1.82, 2.24) is 4.90 Å². The number of nitrogens with zero attached hydrogens (tertiary/aromatic N) is 1. The van der Waals surface area contributed by atoms with Gasteiger partial charge < -0.3 is 5.11 Å². The lowest BCUT2D eigenvalue weighted by atomic mass is 9.84. The molecule has 0 aromatic carbocycles. The van der Waals surface area contributed by atoms with Gasteiger partial charge >= 0.3 is 0 Å². The van der Waals surface area contributed by atoms with E-state index in [0.717, 1.165) is 12.5 Å². The monoisotopic (exact) mass is 167 g/mol. The van der Waals surface area contributed by atoms with Crippen LogP contribution in [-0.2, 0) is 0 Å². The first-order chi connectivity index (χ1) is 5.40. The van der Waals surface area contributed by atoms with E-state index in [1.807, 2.05) is 6.08 Å². The molecule has 2 nitrogen and oxygen atoms in total. The highest BCUT2D eigenvalue weighted by atomic mass is 16.2. The SMILES string of the molecule is B.OCC=C1CN2CCC1CC2. The summed E-state index contributed by atoms with van der Waals surface area (Å²) in [6.45, 7) is 3.88. The molecule has 1 N–H and O–H groups in total. The normalized spacial score (nSPS) is 36.6. The fourth-order valence-electron chi connectivity index (χ4n) is 2.20. The molecule has 2 bridgehead atoms. The Morgan fingerprint density at radius 3 is 2.50 bits per heavy atom. The zero-order valence-electron chi connectivity index (χ0n) is 6.79. The van der Waals surface area contributed by atoms with E-state index >= 15 is 0 Å². The molecule has 0 radical (unpaired) electrons. The van der Waals surface area contributed by atoms with Crippen LogP contribution in [0.15, 0.2) is 11.6 Å². The van der Waals surface area contributed by atoms with E-state index < -0.39 is 0 Å². The molecular formula is C9H18BNO. The molecule has 0 aliphatic carbocycles. The number of hydrogen-bond donors (Lipinski definition) is 1. The van der Waals surface area contributed by atoms with E-state index in [1.54, 1.807) is 0 Å². The van der Waals surface area contributed by atoms with Gasteiger partial charge in [0.1, 0.15) is 0 Å². The first kappa shape index (κ1) is 9.81. The minimum atomic E-state index is 0. The van der Waals surface area contributed by atoms with Crippen molar-refractivity contribution >= 4 is 8.41 Å². The summed E-state index contributed by atoms with van der Waals surface area (Å²) >= 11 is 0. The van der Waals surface area contributed by atoms with Gasteiger partial charge in [0.25, 0.3) is 0 Å². The zero-order valence-corrected chi connectivity index (χ0v) is 6.79. The van der Waals surface area contributed by atoms with Crippen LogP contribution in [-0.4, -0.2) is 44.7 Å². The molecule has 3 saturated heterocycles. The predicted octanol–water partition coefficient (Wildman–Crippen LogP) is -0.553. The molecule has 0 unspecified atom stereocenters. The van der Waals surface area contributed by atoms with E-state index in [1.165, 1.54) is 31.5 Å². The highest BCUT2D eigenvalue weighted by Crippen LogP contribution is 2.31. The van der Waals surface area contributed by atoms with Crippen molar-refractivity contribution in [2.75, 3.05) is 26.2 Å². The Balaban J connectivity index is 0.000000720. The minimum Gasteiger partial charge on any atom is -0.392 e. The summed E-state index contributed by atoms with van der Waals surface area (Å²) in [4.78, 5) is 2.47. The van der Waals surface area contributed by atoms with Gasteiger partial charge in [-0.05, 0) is 31.8 Å². The molecule has 3 aliphatic rings. The number of aliphatic hydroxyl groups excluding tert-OH is 1. The summed E-state index contributed by atoms with van der Waals surface area (Å²) in [7, 11) is 0. The summed E-state index contributed by atoms with van der Waals surface area (Å²) in [5, 5.41) is 8.75. The minimum absolute atomic E-state index is 0. The third-order valence-electron chi connectivity index (χ3n) is 2.87. The van der Waals surface area contributed by atoms with Crippen molar-refractivity contribution < 1.29 is 5.11 Å². The summed E-state index contributed by atoms with van der Waals surface area (Å²) in [6.07, 6.45) is 4.62. The number of hydrogen-bond acceptors (Lipinski definition) is 2. The molecule has 0 aromatic rings. The van der Waals surface area contributed by atoms with Crippen LogP contribution in [0.3, 0.4) is 0 Å². The summed E-state index contributed by atoms with van der Waals surface area (Å²) in [5.41, 5.74) is 1.48. The Morgan fingerprint density at radius 1 is 1.42 bits per heavy atom. The van der Waals surface area contributed by atoms with E-state index in [-0.39, 0.29) is 15.0 Å². The molecule has 3 rings (SSSR count). The van der Waals surface area contributed by atoms with Gasteiger partial charge in [0, 0.05) is 6.54 Å². The third kappa shape index (κ3) is 1.72. The van der Waals surface area contributed by atoms with E-state index in [0.29, 0.717) is 0 Å². The first-order valence-corrected chi connectivity index (χ1v) is 4.42. The van der Waals surface area contributed by atoms with Crippen LogP contribution >= 0.6 is 0 Å². The van der Waals surface area contributed by atoms with E-state index in [2.05, 4.69) is 4.90 Å². The maximum atomic E-state index is 8.75. The maximum absolute atomic E-state index is 8.75. The molecule has 0 saturated carbocycles. The average Bonchev–Trinajstić information content (AvgIpc) is 2.07. The lowest BCUT2D eigenvalue weighted by Gasteiger charge is -2.41. The van der Waals surface area contributed by atoms with Crippen LogP contribution in [0.5, 0.6) is 0 Å². The smallest absolute Gasteiger partial charge is 0.0814 e. The standard InChI is InChI=1S/C9H15NO.BH3/c11-6-3-9-7-10-4-1-8(9)2-5-10;/h3,8,11H,1-2,4-7H2;1H3. The highest BCUT2D eigenvalue weighted by molar-refractivity contribution is 5.75. The molecule has 0 aromatic heterocycles. The largest absolute Gasteiger partial charge is 0.392 e. The van der Waals surface area contributed by atoms with Crippen molar-refractivity contribution in [3.8, 4) is 0 Å². The Hall–Kier alpha value is -0.275. The van der Waals surface area contributed by atoms with Crippen LogP contribution in [0.25, 0.3) is 0 Å². The van der Waals surface area contributed by atoms with Crippen molar-refractivity contribution in [2.24, 2.45) is 5.92 Å². The summed E-state index contributed by atoms with van der Waals surface area (Å²) in [5.74, 6) is 0.798. The molecule has 0 spiro atoms. The van der Waals surface area contributed by atoms with E-state index in [4.69, 9.17) is 5.11 Å². The number of fused-ring (bicyclic) bond motifs is 3. The van der Waals surface area contributed by atoms with Gasteiger partial charge in [0.15, 0.2) is 0 Å². The van der Waals surface area contributed by atoms with Crippen LogP contribution < -0.4 is 0 Å². The zero-order chi connectivity index (χ0) is 7.68. The fourth-order valence-corrected chi connectivity index (χ4v) is 2.20. The quantitative estimate of drug-likeness (QED) is 0.418. The molecule has 3 heterocycles. The second kappa shape index (κ2) is 4.10. The Bertz CT molecular complexity index is 173. The number of piperidine rings is 3. The summed E-state index contributed by atoms with van der Waals surface area (Å²) in [6, 6.07) is 0. The summed E-state index contributed by atoms with van der Waals surface area (Å²) < 4.78 is 0. The van der Waals surface area contributed by atoms with Gasteiger partial charge in [-0.15, -0.1) is 0 Å². The van der Waals surface area contributed by atoms with Gasteiger partial charge in [0.2, 0.25) is 0 Å². The molecule has 12 heavy (non-hydrogen) atoms. The van der Waals surface area contributed by atoms with Crippen molar-refractivity contribution in [3.63, 3.8) is 0 Å². The highest BCUT2D eigenvalue weighted by Gasteiger charge is 2.28. The number of rotatable bonds is 1. The van der Waals surface area contributed by atoms with Crippen LogP contribution in [0.4, 0.5) is 0 Å². The molecular weight excluding hydrogens is 149 g/mol. The second-order valence-electron chi connectivity index (χ2n) is 3.51. The first-order valence-electron chi connectivity index (χ1n) is 4.42. The van der Waals surface area contributed by atoms with Crippen molar-refractivity contribution in [3.05, 3.63) is 11.6 Å².